The number of hydrogen-bond acceptors (Lipinski definition) is 6. The third kappa shape index (κ3) is 5.52. The third-order valence-electron chi connectivity index (χ3n) is 6.33. The van der Waals surface area contributed by atoms with Crippen LogP contribution in [-0.2, 0) is 29.0 Å². The van der Waals surface area contributed by atoms with Gasteiger partial charge in [0.05, 0.1) is 5.02 Å². The molecule has 4 aromatic rings. The van der Waals surface area contributed by atoms with Crippen LogP contribution in [0.4, 0.5) is 4.79 Å². The minimum atomic E-state index is -1.16. The van der Waals surface area contributed by atoms with Gasteiger partial charge >= 0.3 is 17.7 Å². The zero-order valence-corrected chi connectivity index (χ0v) is 20.6. The van der Waals surface area contributed by atoms with Crippen molar-refractivity contribution < 1.29 is 23.5 Å². The van der Waals surface area contributed by atoms with E-state index in [2.05, 4.69) is 5.32 Å². The first-order valence-electron chi connectivity index (χ1n) is 12.0. The number of amides is 1. The second-order valence-corrected chi connectivity index (χ2v) is 9.21. The average Bonchev–Trinajstić information content (AvgIpc) is 2.93. The van der Waals surface area contributed by atoms with Crippen molar-refractivity contribution in [2.75, 3.05) is 0 Å². The van der Waals surface area contributed by atoms with Crippen LogP contribution in [0.3, 0.4) is 0 Å². The van der Waals surface area contributed by atoms with Crippen LogP contribution < -0.4 is 15.7 Å². The van der Waals surface area contributed by atoms with Crippen LogP contribution in [0, 0.1) is 0 Å². The Balaban J connectivity index is 1.39. The summed E-state index contributed by atoms with van der Waals surface area (Å²) in [5.41, 5.74) is 2.84. The van der Waals surface area contributed by atoms with E-state index in [0.29, 0.717) is 23.1 Å². The van der Waals surface area contributed by atoms with Gasteiger partial charge < -0.3 is 19.2 Å². The number of rotatable bonds is 6. The van der Waals surface area contributed by atoms with Gasteiger partial charge in [0, 0.05) is 17.0 Å². The highest BCUT2D eigenvalue weighted by molar-refractivity contribution is 6.33. The monoisotopic (exact) mass is 517 g/mol. The number of esters is 1. The van der Waals surface area contributed by atoms with E-state index in [0.717, 1.165) is 35.8 Å². The van der Waals surface area contributed by atoms with Crippen LogP contribution in [0.1, 0.15) is 41.1 Å². The fraction of sp³-hybridized carbons (Fsp3) is 0.207. The molecule has 188 valence electrons. The van der Waals surface area contributed by atoms with Crippen LogP contribution in [0.2, 0.25) is 5.02 Å². The third-order valence-corrected chi connectivity index (χ3v) is 6.63. The lowest BCUT2D eigenvalue weighted by Crippen LogP contribution is -2.36. The minimum absolute atomic E-state index is 0.0264. The van der Waals surface area contributed by atoms with E-state index in [-0.39, 0.29) is 23.0 Å². The molecule has 3 aromatic carbocycles. The van der Waals surface area contributed by atoms with Crippen molar-refractivity contribution in [1.82, 2.24) is 5.32 Å². The molecule has 1 aromatic heterocycles. The largest absolute Gasteiger partial charge is 0.445 e. The molecule has 1 aliphatic rings. The van der Waals surface area contributed by atoms with Crippen molar-refractivity contribution >= 4 is 34.6 Å². The predicted octanol–water partition coefficient (Wildman–Crippen LogP) is 5.90. The van der Waals surface area contributed by atoms with Crippen molar-refractivity contribution in [3.8, 4) is 5.75 Å². The molecule has 1 aliphatic carbocycles. The molecular formula is C29H24ClNO6. The maximum Gasteiger partial charge on any atom is 0.408 e. The molecule has 7 nitrogen and oxygen atoms in total. The van der Waals surface area contributed by atoms with Gasteiger partial charge in [0.15, 0.2) is 11.8 Å². The van der Waals surface area contributed by atoms with Gasteiger partial charge in [-0.2, -0.15) is 0 Å². The van der Waals surface area contributed by atoms with Crippen molar-refractivity contribution in [2.24, 2.45) is 0 Å². The number of nitrogens with one attached hydrogen (secondary N) is 1. The number of fused-ring (bicyclic) bond motifs is 3. The molecule has 0 spiro atoms. The van der Waals surface area contributed by atoms with Crippen LogP contribution in [-0.4, -0.2) is 12.1 Å². The molecule has 5 rings (SSSR count). The fourth-order valence-electron chi connectivity index (χ4n) is 4.50. The summed E-state index contributed by atoms with van der Waals surface area (Å²) in [7, 11) is 0. The number of carbonyl (C=O) groups is 2. The van der Waals surface area contributed by atoms with Gasteiger partial charge in [0.25, 0.3) is 0 Å². The first-order valence-corrected chi connectivity index (χ1v) is 12.4. The fourth-order valence-corrected chi connectivity index (χ4v) is 4.70. The molecule has 1 unspecified atom stereocenters. The SMILES string of the molecule is O=C(NC(C(=O)Oc1cc2oc(=O)c3c(c2cc1Cl)CCCC3)c1ccccc1)OCc1ccccc1. The Bertz CT molecular complexity index is 1500. The van der Waals surface area contributed by atoms with Gasteiger partial charge in [-0.1, -0.05) is 72.3 Å². The van der Waals surface area contributed by atoms with Crippen molar-refractivity contribution in [1.29, 1.82) is 0 Å². The summed E-state index contributed by atoms with van der Waals surface area (Å²) in [5.74, 6) is -0.747. The van der Waals surface area contributed by atoms with E-state index in [4.69, 9.17) is 25.5 Å². The molecule has 1 N–H and O–H groups in total. The Morgan fingerprint density at radius 2 is 1.62 bits per heavy atom. The number of alkyl carbamates (subject to hydrolysis) is 1. The highest BCUT2D eigenvalue weighted by Crippen LogP contribution is 2.35. The number of halogens is 1. The lowest BCUT2D eigenvalue weighted by atomic mass is 9.90. The van der Waals surface area contributed by atoms with Crippen LogP contribution in [0.25, 0.3) is 11.0 Å². The molecular weight excluding hydrogens is 494 g/mol. The number of ether oxygens (including phenoxy) is 2. The lowest BCUT2D eigenvalue weighted by Gasteiger charge is -2.19. The van der Waals surface area contributed by atoms with Crippen molar-refractivity contribution in [3.05, 3.63) is 110 Å². The van der Waals surface area contributed by atoms with Gasteiger partial charge in [0.2, 0.25) is 0 Å². The van der Waals surface area contributed by atoms with Gasteiger partial charge in [-0.25, -0.2) is 14.4 Å². The number of carbonyl (C=O) groups excluding carboxylic acids is 2. The second kappa shape index (κ2) is 10.9. The summed E-state index contributed by atoms with van der Waals surface area (Å²) in [6, 6.07) is 19.8. The molecule has 0 radical (unpaired) electrons. The quantitative estimate of drug-likeness (QED) is 0.194. The maximum absolute atomic E-state index is 13.3. The molecule has 0 saturated carbocycles. The smallest absolute Gasteiger partial charge is 0.408 e. The first kappa shape index (κ1) is 24.6. The highest BCUT2D eigenvalue weighted by Gasteiger charge is 2.27. The lowest BCUT2D eigenvalue weighted by molar-refractivity contribution is -0.136. The zero-order chi connectivity index (χ0) is 25.8. The number of benzene rings is 3. The normalized spacial score (nSPS) is 13.4. The maximum atomic E-state index is 13.3. The van der Waals surface area contributed by atoms with Crippen LogP contribution >= 0.6 is 11.6 Å². The topological polar surface area (TPSA) is 94.8 Å². The van der Waals surface area contributed by atoms with Gasteiger partial charge in [0.1, 0.15) is 12.2 Å². The van der Waals surface area contributed by atoms with E-state index in [9.17, 15) is 14.4 Å². The molecule has 1 amide bonds. The Kier molecular flexibility index (Phi) is 7.23. The van der Waals surface area contributed by atoms with E-state index in [1.807, 2.05) is 30.3 Å². The van der Waals surface area contributed by atoms with Crippen molar-refractivity contribution in [2.45, 2.75) is 38.3 Å². The summed E-state index contributed by atoms with van der Waals surface area (Å²) < 4.78 is 16.4. The molecule has 0 saturated heterocycles. The van der Waals surface area contributed by atoms with E-state index < -0.39 is 18.1 Å². The average molecular weight is 518 g/mol. The molecule has 37 heavy (non-hydrogen) atoms. The van der Waals surface area contributed by atoms with E-state index in [1.54, 1.807) is 36.4 Å². The minimum Gasteiger partial charge on any atom is -0.445 e. The Hall–Kier alpha value is -4.10. The second-order valence-electron chi connectivity index (χ2n) is 8.80. The Labute approximate surface area is 218 Å². The molecule has 1 atom stereocenters. The first-order chi connectivity index (χ1) is 18.0. The van der Waals surface area contributed by atoms with E-state index >= 15 is 0 Å². The summed E-state index contributed by atoms with van der Waals surface area (Å²) in [6.07, 6.45) is 2.57. The molecule has 1 heterocycles. The van der Waals surface area contributed by atoms with E-state index in [1.165, 1.54) is 6.07 Å². The molecule has 0 fully saturated rings. The molecule has 0 bridgehead atoms. The summed E-state index contributed by atoms with van der Waals surface area (Å²) in [5, 5.41) is 3.51. The number of aryl methyl sites for hydroxylation is 1. The van der Waals surface area contributed by atoms with Gasteiger partial charge in [-0.05, 0) is 48.4 Å². The highest BCUT2D eigenvalue weighted by atomic mass is 35.5. The molecule has 8 heteroatoms. The number of hydrogen-bond donors (Lipinski definition) is 1. The summed E-state index contributed by atoms with van der Waals surface area (Å²) >= 11 is 6.49. The van der Waals surface area contributed by atoms with Gasteiger partial charge in [-0.15, -0.1) is 0 Å². The Morgan fingerprint density at radius 1 is 0.946 bits per heavy atom. The van der Waals surface area contributed by atoms with Crippen LogP contribution in [0.15, 0.2) is 82.0 Å². The predicted molar refractivity (Wildman–Crippen MR) is 139 cm³/mol. The van der Waals surface area contributed by atoms with Gasteiger partial charge in [-0.3, -0.25) is 0 Å². The van der Waals surface area contributed by atoms with Crippen LogP contribution in [0.5, 0.6) is 5.75 Å². The summed E-state index contributed by atoms with van der Waals surface area (Å²) in [4.78, 5) is 38.3. The standard InChI is InChI=1S/C29H24ClNO6/c30-23-15-22-20-13-7-8-14-21(20)27(32)36-24(22)16-25(23)37-28(33)26(19-11-5-2-6-12-19)31-29(34)35-17-18-9-3-1-4-10-18/h1-6,9-12,15-16,26H,7-8,13-14,17H2,(H,31,34). The Morgan fingerprint density at radius 3 is 2.35 bits per heavy atom. The summed E-state index contributed by atoms with van der Waals surface area (Å²) in [6.45, 7) is 0.0447. The zero-order valence-electron chi connectivity index (χ0n) is 19.9. The van der Waals surface area contributed by atoms with Crippen molar-refractivity contribution in [3.63, 3.8) is 0 Å². The molecule has 0 aliphatic heterocycles.